The van der Waals surface area contributed by atoms with E-state index in [1.165, 1.54) is 0 Å². The number of carbonyl (C=O) groups is 2. The number of aryl methyl sites for hydroxylation is 1. The van der Waals surface area contributed by atoms with E-state index in [-0.39, 0.29) is 24.4 Å². The average molecular weight is 410 g/mol. The molecule has 154 valence electrons. The molecule has 0 saturated heterocycles. The third-order valence-corrected chi connectivity index (χ3v) is 5.78. The number of hydrogen-bond donors (Lipinski definition) is 2. The second-order valence-corrected chi connectivity index (χ2v) is 7.73. The lowest BCUT2D eigenvalue weighted by molar-refractivity contribution is -0.122. The van der Waals surface area contributed by atoms with Crippen LogP contribution in [0.15, 0.2) is 72.9 Å². The van der Waals surface area contributed by atoms with Crippen LogP contribution in [0.2, 0.25) is 0 Å². The van der Waals surface area contributed by atoms with Crippen molar-refractivity contribution < 1.29 is 9.59 Å². The minimum atomic E-state index is -0.319. The van der Waals surface area contributed by atoms with Gasteiger partial charge in [0.25, 0.3) is 5.91 Å². The van der Waals surface area contributed by atoms with Gasteiger partial charge in [0, 0.05) is 33.9 Å². The Bertz CT molecular complexity index is 1280. The van der Waals surface area contributed by atoms with Gasteiger partial charge in [-0.05, 0) is 36.8 Å². The van der Waals surface area contributed by atoms with Gasteiger partial charge in [0.2, 0.25) is 5.91 Å². The molecule has 31 heavy (non-hydrogen) atoms. The Morgan fingerprint density at radius 1 is 1.06 bits per heavy atom. The quantitative estimate of drug-likeness (QED) is 0.526. The summed E-state index contributed by atoms with van der Waals surface area (Å²) in [7, 11) is 0. The van der Waals surface area contributed by atoms with Gasteiger partial charge in [-0.2, -0.15) is 0 Å². The summed E-state index contributed by atoms with van der Waals surface area (Å²) in [5, 5.41) is 3.95. The van der Waals surface area contributed by atoms with Crippen molar-refractivity contribution in [1.82, 2.24) is 20.2 Å². The first-order chi connectivity index (χ1) is 15.1. The van der Waals surface area contributed by atoms with Gasteiger partial charge in [0.15, 0.2) is 0 Å². The third kappa shape index (κ3) is 3.36. The van der Waals surface area contributed by atoms with Gasteiger partial charge in [0.05, 0.1) is 18.3 Å². The Labute approximate surface area is 179 Å². The Kier molecular flexibility index (Phi) is 4.75. The van der Waals surface area contributed by atoms with Crippen LogP contribution in [0.5, 0.6) is 0 Å². The molecule has 2 aromatic heterocycles. The average Bonchev–Trinajstić information content (AvgIpc) is 3.26. The molecular formula is C25H22N4O2. The van der Waals surface area contributed by atoms with Gasteiger partial charge in [-0.25, -0.2) is 0 Å². The largest absolute Gasteiger partial charge is 0.358 e. The van der Waals surface area contributed by atoms with Crippen LogP contribution in [-0.4, -0.2) is 33.2 Å². The molecule has 0 fully saturated rings. The Morgan fingerprint density at radius 2 is 1.84 bits per heavy atom. The summed E-state index contributed by atoms with van der Waals surface area (Å²) in [5.41, 5.74) is 5.40. The van der Waals surface area contributed by atoms with Crippen molar-refractivity contribution in [2.45, 2.75) is 19.5 Å². The zero-order chi connectivity index (χ0) is 21.4. The minimum Gasteiger partial charge on any atom is -0.358 e. The van der Waals surface area contributed by atoms with Crippen LogP contribution in [0.3, 0.4) is 0 Å². The highest BCUT2D eigenvalue weighted by atomic mass is 16.2. The Morgan fingerprint density at radius 3 is 2.68 bits per heavy atom. The van der Waals surface area contributed by atoms with Gasteiger partial charge in [-0.1, -0.05) is 42.5 Å². The van der Waals surface area contributed by atoms with E-state index in [9.17, 15) is 9.59 Å². The first-order valence-electron chi connectivity index (χ1n) is 10.3. The maximum atomic E-state index is 13.3. The van der Waals surface area contributed by atoms with Crippen molar-refractivity contribution in [3.63, 3.8) is 0 Å². The molecule has 4 aromatic rings. The van der Waals surface area contributed by atoms with Crippen LogP contribution in [-0.2, 0) is 11.3 Å². The fraction of sp³-hybridized carbons (Fsp3) is 0.160. The van der Waals surface area contributed by atoms with Crippen molar-refractivity contribution in [2.75, 3.05) is 6.54 Å². The summed E-state index contributed by atoms with van der Waals surface area (Å²) in [6.45, 7) is 2.31. The molecule has 1 atom stereocenters. The molecule has 1 unspecified atom stereocenters. The van der Waals surface area contributed by atoms with Gasteiger partial charge in [0.1, 0.15) is 6.54 Å². The molecule has 0 radical (unpaired) electrons. The second-order valence-electron chi connectivity index (χ2n) is 7.73. The molecule has 0 bridgehead atoms. The van der Waals surface area contributed by atoms with Crippen molar-refractivity contribution in [3.8, 4) is 0 Å². The lowest BCUT2D eigenvalue weighted by Crippen LogP contribution is -2.39. The van der Waals surface area contributed by atoms with Gasteiger partial charge in [-0.15, -0.1) is 0 Å². The molecule has 6 nitrogen and oxygen atoms in total. The highest BCUT2D eigenvalue weighted by Gasteiger charge is 2.40. The number of nitrogens with zero attached hydrogens (tertiary/aromatic N) is 2. The summed E-state index contributed by atoms with van der Waals surface area (Å²) in [5.74, 6) is -0.340. The fourth-order valence-corrected chi connectivity index (χ4v) is 4.40. The lowest BCUT2D eigenvalue weighted by atomic mass is 9.95. The summed E-state index contributed by atoms with van der Waals surface area (Å²) >= 11 is 0. The molecule has 0 spiro atoms. The number of benzene rings is 2. The summed E-state index contributed by atoms with van der Waals surface area (Å²) < 4.78 is 0. The summed E-state index contributed by atoms with van der Waals surface area (Å²) in [4.78, 5) is 35.4. The third-order valence-electron chi connectivity index (χ3n) is 5.78. The molecule has 0 saturated carbocycles. The lowest BCUT2D eigenvalue weighted by Gasteiger charge is -2.25. The predicted molar refractivity (Wildman–Crippen MR) is 118 cm³/mol. The minimum absolute atomic E-state index is 0.0238. The van der Waals surface area contributed by atoms with Crippen LogP contribution < -0.4 is 5.32 Å². The van der Waals surface area contributed by atoms with Crippen LogP contribution in [0.4, 0.5) is 0 Å². The van der Waals surface area contributed by atoms with Crippen molar-refractivity contribution in [2.24, 2.45) is 0 Å². The van der Waals surface area contributed by atoms with E-state index in [0.29, 0.717) is 12.1 Å². The number of para-hydroxylation sites is 1. The number of rotatable bonds is 5. The molecule has 5 rings (SSSR count). The van der Waals surface area contributed by atoms with Gasteiger partial charge >= 0.3 is 0 Å². The molecular weight excluding hydrogens is 388 g/mol. The van der Waals surface area contributed by atoms with Crippen LogP contribution >= 0.6 is 0 Å². The van der Waals surface area contributed by atoms with E-state index in [1.807, 2.05) is 67.6 Å². The van der Waals surface area contributed by atoms with E-state index < -0.39 is 0 Å². The zero-order valence-corrected chi connectivity index (χ0v) is 17.1. The van der Waals surface area contributed by atoms with Crippen molar-refractivity contribution >= 4 is 22.7 Å². The summed E-state index contributed by atoms with van der Waals surface area (Å²) in [6, 6.07) is 20.9. The van der Waals surface area contributed by atoms with Crippen LogP contribution in [0.1, 0.15) is 38.9 Å². The maximum Gasteiger partial charge on any atom is 0.255 e. The number of hydrogen-bond acceptors (Lipinski definition) is 3. The number of nitrogens with one attached hydrogen (secondary N) is 2. The number of fused-ring (bicyclic) bond motifs is 2. The monoisotopic (exact) mass is 410 g/mol. The van der Waals surface area contributed by atoms with E-state index in [4.69, 9.17) is 0 Å². The molecule has 2 aromatic carbocycles. The van der Waals surface area contributed by atoms with Crippen LogP contribution in [0, 0.1) is 6.92 Å². The van der Waals surface area contributed by atoms with Gasteiger partial charge in [-0.3, -0.25) is 14.6 Å². The highest BCUT2D eigenvalue weighted by Crippen LogP contribution is 2.42. The molecule has 1 aliphatic rings. The Balaban J connectivity index is 1.49. The molecule has 3 heterocycles. The van der Waals surface area contributed by atoms with E-state index >= 15 is 0 Å². The second kappa shape index (κ2) is 7.72. The molecule has 6 heteroatoms. The zero-order valence-electron chi connectivity index (χ0n) is 17.1. The van der Waals surface area contributed by atoms with Crippen LogP contribution in [0.25, 0.3) is 10.9 Å². The standard InChI is InChI=1S/C25H22N4O2/c1-16-23(20-11-4-5-12-21(20)28-16)24-18-9-2-3-10-19(18)25(31)29(24)15-22(30)27-14-17-8-6-7-13-26-17/h2-13,24,28H,14-15H2,1H3,(H,27,30). The smallest absolute Gasteiger partial charge is 0.255 e. The van der Waals surface area contributed by atoms with E-state index in [0.717, 1.165) is 33.4 Å². The Hall–Kier alpha value is -3.93. The number of aromatic nitrogens is 2. The number of H-pyrrole nitrogens is 1. The molecule has 1 aliphatic heterocycles. The van der Waals surface area contributed by atoms with E-state index in [1.54, 1.807) is 11.1 Å². The fourth-order valence-electron chi connectivity index (χ4n) is 4.40. The first kappa shape index (κ1) is 19.1. The number of amides is 2. The van der Waals surface area contributed by atoms with Gasteiger partial charge < -0.3 is 15.2 Å². The topological polar surface area (TPSA) is 78.1 Å². The maximum absolute atomic E-state index is 13.3. The predicted octanol–water partition coefficient (Wildman–Crippen LogP) is 3.73. The number of carbonyl (C=O) groups excluding carboxylic acids is 2. The SMILES string of the molecule is Cc1[nH]c2ccccc2c1C1c2ccccc2C(=O)N1CC(=O)NCc1ccccn1. The number of aromatic amines is 1. The first-order valence-corrected chi connectivity index (χ1v) is 10.3. The van der Waals surface area contributed by atoms with Crippen molar-refractivity contribution in [3.05, 3.63) is 101 Å². The molecule has 0 aliphatic carbocycles. The van der Waals surface area contributed by atoms with E-state index in [2.05, 4.69) is 21.4 Å². The normalized spacial score (nSPS) is 15.3. The molecule has 2 amide bonds. The number of pyridine rings is 1. The van der Waals surface area contributed by atoms with Crippen molar-refractivity contribution in [1.29, 1.82) is 0 Å². The summed E-state index contributed by atoms with van der Waals surface area (Å²) in [6.07, 6.45) is 1.69. The molecule has 2 N–H and O–H groups in total. The highest BCUT2D eigenvalue weighted by molar-refractivity contribution is 6.02.